The van der Waals surface area contributed by atoms with Gasteiger partial charge >= 0.3 is 6.09 Å². The highest BCUT2D eigenvalue weighted by Gasteiger charge is 2.23. The molecule has 0 aliphatic rings. The zero-order valence-electron chi connectivity index (χ0n) is 19.8. The second-order valence-electron chi connectivity index (χ2n) is 8.15. The van der Waals surface area contributed by atoms with Crippen LogP contribution in [0.15, 0.2) is 24.3 Å². The first kappa shape index (κ1) is 24.5. The molecule has 0 radical (unpaired) electrons. The second kappa shape index (κ2) is 12.8. The van der Waals surface area contributed by atoms with E-state index in [4.69, 9.17) is 11.8 Å². The molecule has 0 spiro atoms. The van der Waals surface area contributed by atoms with Gasteiger partial charge in [-0.2, -0.15) is 0 Å². The monoisotopic (exact) mass is 434 g/mol. The van der Waals surface area contributed by atoms with Crippen LogP contribution in [0.2, 0.25) is 0 Å². The molecule has 0 unspecified atom stereocenters. The van der Waals surface area contributed by atoms with Crippen molar-refractivity contribution in [2.24, 2.45) is 17.6 Å². The Morgan fingerprint density at radius 2 is 1.81 bits per heavy atom. The minimum atomic E-state index is -0.572. The summed E-state index contributed by atoms with van der Waals surface area (Å²) >= 11 is 0. The first-order valence-corrected chi connectivity index (χ1v) is 10.4. The Kier molecular flexibility index (Phi) is 10.2. The normalized spacial score (nSPS) is 13.2. The van der Waals surface area contributed by atoms with Crippen LogP contribution in [0.3, 0.4) is 0 Å². The summed E-state index contributed by atoms with van der Waals surface area (Å²) in [5.74, 6) is -1.03. The topological polar surface area (TPSA) is 119 Å². The number of carbonyl (C=O) groups is 4. The Labute approximate surface area is 185 Å². The lowest BCUT2D eigenvalue weighted by Gasteiger charge is -2.17. The number of Topliss-reactive ketones (excluding diaryl/α,β-unsaturated/α-hetero) is 2. The molecule has 2 amide bonds. The van der Waals surface area contributed by atoms with Crippen LogP contribution in [0.4, 0.5) is 10.5 Å². The van der Waals surface area contributed by atoms with Gasteiger partial charge < -0.3 is 25.5 Å². The highest BCUT2D eigenvalue weighted by molar-refractivity contribution is 5.96. The van der Waals surface area contributed by atoms with Crippen molar-refractivity contribution in [1.82, 2.24) is 4.90 Å². The number of nitrogens with two attached hydrogens (primary N) is 1. The molecule has 3 N–H and O–H groups in total. The lowest BCUT2D eigenvalue weighted by molar-refractivity contribution is -0.127. The van der Waals surface area contributed by atoms with E-state index in [1.54, 1.807) is 38.2 Å². The molecule has 172 valence electrons. The molecular weight excluding hydrogens is 398 g/mol. The largest absolute Gasteiger partial charge is 0.445 e. The second-order valence-corrected chi connectivity index (χ2v) is 8.15. The number of carbonyl (C=O) groups excluding carboxylic acids is 4. The van der Waals surface area contributed by atoms with Gasteiger partial charge in [-0.05, 0) is 36.9 Å². The molecule has 8 heteroatoms. The molecule has 0 fully saturated rings. The zero-order chi connectivity index (χ0) is 24.3. The van der Waals surface area contributed by atoms with E-state index in [2.05, 4.69) is 5.32 Å². The van der Waals surface area contributed by atoms with Crippen LogP contribution < -0.4 is 11.1 Å². The Hall–Kier alpha value is -2.74. The summed E-state index contributed by atoms with van der Waals surface area (Å²) in [6, 6.07) is 6.30. The number of hydrogen-bond acceptors (Lipinski definition) is 6. The van der Waals surface area contributed by atoms with Crippen molar-refractivity contribution in [2.45, 2.75) is 59.6 Å². The number of nitrogens with one attached hydrogen (secondary N) is 1. The molecule has 8 nitrogen and oxygen atoms in total. The summed E-state index contributed by atoms with van der Waals surface area (Å²) in [5.41, 5.74) is 7.17. The van der Waals surface area contributed by atoms with Gasteiger partial charge in [0.2, 0.25) is 5.91 Å². The van der Waals surface area contributed by atoms with E-state index in [9.17, 15) is 19.2 Å². The van der Waals surface area contributed by atoms with Crippen molar-refractivity contribution in [3.63, 3.8) is 0 Å². The fourth-order valence-corrected chi connectivity index (χ4v) is 2.71. The van der Waals surface area contributed by atoms with Crippen LogP contribution in [0.1, 0.15) is 53.9 Å². The number of rotatable bonds is 12. The third-order valence-corrected chi connectivity index (χ3v) is 4.89. The van der Waals surface area contributed by atoms with E-state index in [0.29, 0.717) is 18.7 Å². The van der Waals surface area contributed by atoms with E-state index >= 15 is 0 Å². The van der Waals surface area contributed by atoms with Crippen molar-refractivity contribution in [3.05, 3.63) is 29.8 Å². The Morgan fingerprint density at radius 1 is 1.16 bits per heavy atom. The summed E-state index contributed by atoms with van der Waals surface area (Å²) in [4.78, 5) is 49.0. The van der Waals surface area contributed by atoms with Gasteiger partial charge in [0.05, 0.1) is 6.04 Å². The van der Waals surface area contributed by atoms with Crippen LogP contribution in [-0.4, -0.2) is 48.1 Å². The number of anilines is 1. The van der Waals surface area contributed by atoms with E-state index in [0.717, 1.165) is 5.56 Å². The van der Waals surface area contributed by atoms with Gasteiger partial charge in [0.15, 0.2) is 5.78 Å². The molecule has 2 atom stereocenters. The number of benzene rings is 1. The molecule has 1 aromatic carbocycles. The molecule has 0 aliphatic carbocycles. The molecule has 31 heavy (non-hydrogen) atoms. The van der Waals surface area contributed by atoms with Crippen LogP contribution in [0.25, 0.3) is 0 Å². The summed E-state index contributed by atoms with van der Waals surface area (Å²) in [6.45, 7) is 5.63. The highest BCUT2D eigenvalue weighted by Crippen LogP contribution is 2.15. The molecule has 0 aliphatic heterocycles. The lowest BCUT2D eigenvalue weighted by atomic mass is 9.93. The standard InChI is InChI=1S/C23H35N3O5/c1-15(2)21(24)20(28)13-16(3)22(29)25-19-10-8-18(9-11-19)14-31-23(30)26(5)12-6-7-17(4)27/h8-11,15-16,21H,6-7,12-14,24H2,1-5H3,(H,25,29)/t16-,21+/m1/s1/i4D. The van der Waals surface area contributed by atoms with Gasteiger partial charge in [0.25, 0.3) is 0 Å². The van der Waals surface area contributed by atoms with Gasteiger partial charge in [-0.1, -0.05) is 32.9 Å². The van der Waals surface area contributed by atoms with Gasteiger partial charge in [-0.3, -0.25) is 9.59 Å². The van der Waals surface area contributed by atoms with Crippen molar-refractivity contribution in [3.8, 4) is 0 Å². The molecule has 1 rings (SSSR count). The van der Waals surface area contributed by atoms with Gasteiger partial charge in [0.1, 0.15) is 12.4 Å². The van der Waals surface area contributed by atoms with Crippen LogP contribution in [-0.2, 0) is 25.7 Å². The number of ether oxygens (including phenoxy) is 1. The average Bonchev–Trinajstić information content (AvgIpc) is 2.77. The Morgan fingerprint density at radius 3 is 2.39 bits per heavy atom. The molecular formula is C23H35N3O5. The predicted octanol–water partition coefficient (Wildman–Crippen LogP) is 3.14. The van der Waals surface area contributed by atoms with E-state index in [1.807, 2.05) is 13.8 Å². The van der Waals surface area contributed by atoms with Gasteiger partial charge in [-0.25, -0.2) is 4.79 Å². The number of amides is 2. The van der Waals surface area contributed by atoms with Crippen molar-refractivity contribution in [1.29, 1.82) is 0 Å². The average molecular weight is 435 g/mol. The van der Waals surface area contributed by atoms with Crippen molar-refractivity contribution >= 4 is 29.3 Å². The molecule has 0 bridgehead atoms. The summed E-state index contributed by atoms with van der Waals surface area (Å²) in [6.07, 6.45) is 0.347. The first-order valence-electron chi connectivity index (χ1n) is 11.1. The number of nitrogens with zero attached hydrogens (tertiary/aromatic N) is 1. The smallest absolute Gasteiger partial charge is 0.409 e. The van der Waals surface area contributed by atoms with Gasteiger partial charge in [0, 0.05) is 39.4 Å². The number of hydrogen-bond donors (Lipinski definition) is 2. The van der Waals surface area contributed by atoms with Crippen molar-refractivity contribution < 1.29 is 25.3 Å². The SMILES string of the molecule is [2H]CC(=O)CCCN(C)C(=O)OCc1ccc(NC(=O)[C@H](C)CC(=O)[C@@H](N)C(C)C)cc1. The minimum absolute atomic E-state index is 0.0251. The maximum Gasteiger partial charge on any atom is 0.409 e. The summed E-state index contributed by atoms with van der Waals surface area (Å²) in [5, 5.41) is 2.77. The summed E-state index contributed by atoms with van der Waals surface area (Å²) < 4.78 is 12.2. The molecule has 0 heterocycles. The minimum Gasteiger partial charge on any atom is -0.445 e. The third-order valence-electron chi connectivity index (χ3n) is 4.89. The van der Waals surface area contributed by atoms with E-state index in [-0.39, 0.29) is 49.7 Å². The Balaban J connectivity index is 2.45. The molecule has 0 saturated carbocycles. The van der Waals surface area contributed by atoms with Crippen molar-refractivity contribution in [2.75, 3.05) is 18.9 Å². The quantitative estimate of drug-likeness (QED) is 0.522. The van der Waals surface area contributed by atoms with E-state index in [1.165, 1.54) is 4.90 Å². The van der Waals surface area contributed by atoms with Crippen LogP contribution >= 0.6 is 0 Å². The molecule has 0 saturated heterocycles. The number of ketones is 2. The first-order chi connectivity index (χ1) is 15.0. The Bertz CT molecular complexity index is 782. The molecule has 0 aromatic heterocycles. The predicted molar refractivity (Wildman–Crippen MR) is 119 cm³/mol. The van der Waals surface area contributed by atoms with Crippen LogP contribution in [0, 0.1) is 11.8 Å². The zero-order valence-corrected chi connectivity index (χ0v) is 18.8. The maximum atomic E-state index is 12.4. The lowest BCUT2D eigenvalue weighted by Crippen LogP contribution is -2.37. The highest BCUT2D eigenvalue weighted by atomic mass is 16.6. The molecule has 1 aromatic rings. The third kappa shape index (κ3) is 9.74. The van der Waals surface area contributed by atoms with E-state index < -0.39 is 18.1 Å². The maximum absolute atomic E-state index is 12.4. The fourth-order valence-electron chi connectivity index (χ4n) is 2.71. The van der Waals surface area contributed by atoms with Crippen LogP contribution in [0.5, 0.6) is 0 Å². The summed E-state index contributed by atoms with van der Waals surface area (Å²) in [7, 11) is 1.59. The fraction of sp³-hybridized carbons (Fsp3) is 0.565. The van der Waals surface area contributed by atoms with Gasteiger partial charge in [-0.15, -0.1) is 0 Å².